The first-order valence-corrected chi connectivity index (χ1v) is 11.6. The zero-order valence-electron chi connectivity index (χ0n) is 20.0. The van der Waals surface area contributed by atoms with Gasteiger partial charge in [-0.15, -0.1) is 0 Å². The van der Waals surface area contributed by atoms with E-state index >= 15 is 0 Å². The molecule has 0 radical (unpaired) electrons. The van der Waals surface area contributed by atoms with Gasteiger partial charge >= 0.3 is 0 Å². The molecule has 4 aromatic heterocycles. The Kier molecular flexibility index (Phi) is 6.83. The monoisotopic (exact) mass is 464 g/mol. The van der Waals surface area contributed by atoms with Crippen molar-refractivity contribution in [3.63, 3.8) is 0 Å². The average molecular weight is 465 g/mol. The molecule has 1 saturated carbocycles. The standard InChI is InChI=1S/C23H23FN6O2.C2H6/c1-4-20(32-3)18-5-12(2)16(10-25-18)14-6-13-9-26-21(29-23(31)15-7-17(15)24)8-19(13)30-22(14)27-11-28-30;1-2/h5-6,8-11,15,17,20H,4,7H2,1-3H3,(H,26,29,31);1-2H3. The number of methoxy groups -OCH3 is 1. The normalized spacial score (nSPS) is 17.8. The van der Waals surface area contributed by atoms with Gasteiger partial charge in [-0.1, -0.05) is 20.8 Å². The lowest BCUT2D eigenvalue weighted by Gasteiger charge is -2.15. The number of amides is 1. The van der Waals surface area contributed by atoms with Gasteiger partial charge < -0.3 is 10.1 Å². The van der Waals surface area contributed by atoms with Gasteiger partial charge in [-0.05, 0) is 37.5 Å². The van der Waals surface area contributed by atoms with Crippen LogP contribution in [0, 0.1) is 12.8 Å². The predicted octanol–water partition coefficient (Wildman–Crippen LogP) is 5.07. The second-order valence-corrected chi connectivity index (χ2v) is 8.09. The van der Waals surface area contributed by atoms with Crippen LogP contribution in [0.1, 0.15) is 51.0 Å². The molecule has 1 fully saturated rings. The number of anilines is 1. The average Bonchev–Trinajstić information content (AvgIpc) is 3.38. The maximum absolute atomic E-state index is 13.2. The lowest BCUT2D eigenvalue weighted by atomic mass is 10.0. The van der Waals surface area contributed by atoms with E-state index in [1.807, 2.05) is 39.1 Å². The molecule has 3 atom stereocenters. The van der Waals surface area contributed by atoms with Gasteiger partial charge in [-0.2, -0.15) is 5.10 Å². The number of aryl methyl sites for hydroxylation is 1. The second-order valence-electron chi connectivity index (χ2n) is 8.09. The number of aromatic nitrogens is 5. The zero-order valence-corrected chi connectivity index (χ0v) is 20.0. The number of hydrogen-bond acceptors (Lipinski definition) is 6. The molecular weight excluding hydrogens is 435 g/mol. The molecule has 8 nitrogen and oxygen atoms in total. The van der Waals surface area contributed by atoms with Crippen molar-refractivity contribution in [2.45, 2.75) is 52.8 Å². The third-order valence-corrected chi connectivity index (χ3v) is 5.94. The molecule has 0 aliphatic heterocycles. The van der Waals surface area contributed by atoms with Crippen LogP contribution in [0.3, 0.4) is 0 Å². The minimum atomic E-state index is -1.06. The molecule has 1 aliphatic rings. The maximum Gasteiger partial charge on any atom is 0.231 e. The van der Waals surface area contributed by atoms with Crippen LogP contribution in [-0.2, 0) is 9.53 Å². The predicted molar refractivity (Wildman–Crippen MR) is 129 cm³/mol. The highest BCUT2D eigenvalue weighted by molar-refractivity contribution is 5.97. The number of alkyl halides is 1. The summed E-state index contributed by atoms with van der Waals surface area (Å²) in [4.78, 5) is 25.5. The Balaban J connectivity index is 0.00000133. The summed E-state index contributed by atoms with van der Waals surface area (Å²) in [5, 5.41) is 7.90. The van der Waals surface area contributed by atoms with Crippen LogP contribution < -0.4 is 5.32 Å². The van der Waals surface area contributed by atoms with Gasteiger partial charge in [-0.25, -0.2) is 18.9 Å². The number of pyridine rings is 3. The number of hydrogen-bond donors (Lipinski definition) is 1. The Morgan fingerprint density at radius 3 is 2.62 bits per heavy atom. The summed E-state index contributed by atoms with van der Waals surface area (Å²) in [6.45, 7) is 8.10. The molecule has 1 aliphatic carbocycles. The van der Waals surface area contributed by atoms with Gasteiger partial charge in [0.05, 0.1) is 23.2 Å². The summed E-state index contributed by atoms with van der Waals surface area (Å²) in [5.41, 5.74) is 5.18. The van der Waals surface area contributed by atoms with Gasteiger partial charge in [-0.3, -0.25) is 9.78 Å². The summed E-state index contributed by atoms with van der Waals surface area (Å²) in [5.74, 6) is -0.567. The van der Waals surface area contributed by atoms with Crippen molar-refractivity contribution in [1.29, 1.82) is 0 Å². The molecule has 0 saturated heterocycles. The van der Waals surface area contributed by atoms with E-state index in [1.165, 1.54) is 6.33 Å². The molecule has 5 rings (SSSR count). The quantitative estimate of drug-likeness (QED) is 0.428. The first-order valence-electron chi connectivity index (χ1n) is 11.6. The Bertz CT molecular complexity index is 1330. The number of ether oxygens (including phenoxy) is 1. The van der Waals surface area contributed by atoms with E-state index in [4.69, 9.17) is 4.74 Å². The van der Waals surface area contributed by atoms with Crippen LogP contribution in [0.4, 0.5) is 10.2 Å². The molecule has 0 spiro atoms. The van der Waals surface area contributed by atoms with Crippen LogP contribution in [-0.4, -0.2) is 43.8 Å². The number of rotatable bonds is 6. The molecule has 178 valence electrons. The summed E-state index contributed by atoms with van der Waals surface area (Å²) >= 11 is 0. The highest BCUT2D eigenvalue weighted by Gasteiger charge is 2.43. The highest BCUT2D eigenvalue weighted by atomic mass is 19.1. The third kappa shape index (κ3) is 4.35. The fourth-order valence-electron chi connectivity index (χ4n) is 4.02. The van der Waals surface area contributed by atoms with Gasteiger partial charge in [0.15, 0.2) is 5.65 Å². The van der Waals surface area contributed by atoms with Gasteiger partial charge in [0.2, 0.25) is 5.91 Å². The number of fused-ring (bicyclic) bond motifs is 3. The third-order valence-electron chi connectivity index (χ3n) is 5.94. The molecular formula is C25H29FN6O2. The van der Waals surface area contributed by atoms with E-state index in [0.29, 0.717) is 11.5 Å². The molecule has 4 heterocycles. The summed E-state index contributed by atoms with van der Waals surface area (Å²) in [6, 6.07) is 5.76. The molecule has 1 N–H and O–H groups in total. The van der Waals surface area contributed by atoms with E-state index in [-0.39, 0.29) is 18.4 Å². The SMILES string of the molecule is CC.CCC(OC)c1cc(C)c(-c2cc3cnc(NC(=O)C4CC4F)cc3n3ncnc23)cn1. The Labute approximate surface area is 197 Å². The molecule has 3 unspecified atom stereocenters. The van der Waals surface area contributed by atoms with E-state index < -0.39 is 12.1 Å². The molecule has 4 aromatic rings. The number of carbonyl (C=O) groups excluding carboxylic acids is 1. The van der Waals surface area contributed by atoms with Crippen molar-refractivity contribution in [3.8, 4) is 11.1 Å². The molecule has 1 amide bonds. The van der Waals surface area contributed by atoms with E-state index in [2.05, 4.69) is 32.3 Å². The van der Waals surface area contributed by atoms with Crippen LogP contribution in [0.2, 0.25) is 0 Å². The number of carbonyl (C=O) groups is 1. The number of nitrogens with one attached hydrogen (secondary N) is 1. The van der Waals surface area contributed by atoms with Crippen molar-refractivity contribution < 1.29 is 13.9 Å². The smallest absolute Gasteiger partial charge is 0.231 e. The maximum atomic E-state index is 13.2. The van der Waals surface area contributed by atoms with Crippen LogP contribution >= 0.6 is 0 Å². The van der Waals surface area contributed by atoms with Crippen LogP contribution in [0.5, 0.6) is 0 Å². The van der Waals surface area contributed by atoms with Crippen molar-refractivity contribution >= 4 is 28.3 Å². The first-order chi connectivity index (χ1) is 16.5. The van der Waals surface area contributed by atoms with Gasteiger partial charge in [0, 0.05) is 42.1 Å². The van der Waals surface area contributed by atoms with Crippen molar-refractivity contribution in [2.75, 3.05) is 12.4 Å². The summed E-state index contributed by atoms with van der Waals surface area (Å²) in [6.07, 6.45) is 5.01. The molecule has 0 aromatic carbocycles. The number of halogens is 1. The van der Waals surface area contributed by atoms with E-state index in [1.54, 1.807) is 23.9 Å². The highest BCUT2D eigenvalue weighted by Crippen LogP contribution is 2.35. The zero-order chi connectivity index (χ0) is 24.4. The summed E-state index contributed by atoms with van der Waals surface area (Å²) < 4.78 is 20.4. The minimum absolute atomic E-state index is 0.0476. The lowest BCUT2D eigenvalue weighted by molar-refractivity contribution is -0.117. The Hall–Kier alpha value is -3.46. The van der Waals surface area contributed by atoms with Crippen LogP contribution in [0.15, 0.2) is 36.9 Å². The van der Waals surface area contributed by atoms with Crippen LogP contribution in [0.25, 0.3) is 27.7 Å². The van der Waals surface area contributed by atoms with Crippen molar-refractivity contribution in [3.05, 3.63) is 48.2 Å². The fourth-order valence-corrected chi connectivity index (χ4v) is 4.02. The van der Waals surface area contributed by atoms with Crippen molar-refractivity contribution in [1.82, 2.24) is 24.6 Å². The Morgan fingerprint density at radius 1 is 1.21 bits per heavy atom. The van der Waals surface area contributed by atoms with E-state index in [9.17, 15) is 9.18 Å². The lowest BCUT2D eigenvalue weighted by Crippen LogP contribution is -2.16. The van der Waals surface area contributed by atoms with Gasteiger partial charge in [0.25, 0.3) is 0 Å². The topological polar surface area (TPSA) is 94.3 Å². The number of nitrogens with zero attached hydrogens (tertiary/aromatic N) is 5. The Morgan fingerprint density at radius 2 is 1.97 bits per heavy atom. The second kappa shape index (κ2) is 9.80. The first kappa shape index (κ1) is 23.7. The largest absolute Gasteiger partial charge is 0.375 e. The molecule has 0 bridgehead atoms. The van der Waals surface area contributed by atoms with E-state index in [0.717, 1.165) is 39.7 Å². The molecule has 34 heavy (non-hydrogen) atoms. The molecule has 9 heteroatoms. The minimum Gasteiger partial charge on any atom is -0.375 e. The van der Waals surface area contributed by atoms with Crippen molar-refractivity contribution in [2.24, 2.45) is 5.92 Å². The fraction of sp³-hybridized carbons (Fsp3) is 0.400. The summed E-state index contributed by atoms with van der Waals surface area (Å²) in [7, 11) is 1.69. The van der Waals surface area contributed by atoms with Gasteiger partial charge in [0.1, 0.15) is 18.3 Å².